The fraction of sp³-hybridized carbons (Fsp3) is 0.500. The molecule has 0 bridgehead atoms. The summed E-state index contributed by atoms with van der Waals surface area (Å²) in [6.07, 6.45) is 3.55. The van der Waals surface area contributed by atoms with Crippen LogP contribution in [0.25, 0.3) is 0 Å². The molecular weight excluding hydrogens is 364 g/mol. The Morgan fingerprint density at radius 3 is 1.31 bits per heavy atom. The molecule has 3 aromatic heterocycles. The molecule has 0 atom stereocenters. The molecule has 4 N–H and O–H groups in total. The van der Waals surface area contributed by atoms with Crippen LogP contribution in [0.3, 0.4) is 0 Å². The van der Waals surface area contributed by atoms with Gasteiger partial charge in [0.25, 0.3) is 0 Å². The monoisotopic (exact) mass is 398 g/mol. The third kappa shape index (κ3) is 4.51. The van der Waals surface area contributed by atoms with Crippen molar-refractivity contribution in [2.45, 2.75) is 64.2 Å². The lowest BCUT2D eigenvalue weighted by molar-refractivity contribution is 0.307. The van der Waals surface area contributed by atoms with Gasteiger partial charge in [-0.3, -0.25) is 0 Å². The molecule has 0 amide bonds. The minimum Gasteiger partial charge on any atom is -0.465 e. The Labute approximate surface area is 173 Å². The number of hydrogen-bond acceptors (Lipinski definition) is 5. The second-order valence-electron chi connectivity index (χ2n) is 8.73. The van der Waals surface area contributed by atoms with Crippen LogP contribution in [0.5, 0.6) is 0 Å². The molecule has 0 aliphatic rings. The lowest BCUT2D eigenvalue weighted by atomic mass is 9.87. The van der Waals surface area contributed by atoms with Crippen molar-refractivity contribution in [3.05, 3.63) is 71.0 Å². The highest BCUT2D eigenvalue weighted by atomic mass is 16.4. The SMILES string of the molecule is CC(C)(c1ccc(CCCN)o1)c1ccc(C(C)(C)c2ccc(CCCN)o2)o1. The summed E-state index contributed by atoms with van der Waals surface area (Å²) in [4.78, 5) is 0. The minimum absolute atomic E-state index is 0.370. The fourth-order valence-electron chi connectivity index (χ4n) is 3.50. The first-order valence-corrected chi connectivity index (χ1v) is 10.5. The van der Waals surface area contributed by atoms with Gasteiger partial charge in [-0.1, -0.05) is 0 Å². The van der Waals surface area contributed by atoms with Crippen molar-refractivity contribution in [3.8, 4) is 0 Å². The topological polar surface area (TPSA) is 91.5 Å². The van der Waals surface area contributed by atoms with Crippen molar-refractivity contribution in [3.63, 3.8) is 0 Å². The van der Waals surface area contributed by atoms with Crippen LogP contribution in [0.4, 0.5) is 0 Å². The van der Waals surface area contributed by atoms with Crippen molar-refractivity contribution in [2.75, 3.05) is 13.1 Å². The molecular formula is C24H34N2O3. The van der Waals surface area contributed by atoms with E-state index in [-0.39, 0.29) is 10.8 Å². The number of furan rings is 3. The molecule has 3 heterocycles. The summed E-state index contributed by atoms with van der Waals surface area (Å²) in [6, 6.07) is 12.2. The molecule has 3 rings (SSSR count). The van der Waals surface area contributed by atoms with Crippen molar-refractivity contribution in [2.24, 2.45) is 11.5 Å². The van der Waals surface area contributed by atoms with Crippen LogP contribution in [0.2, 0.25) is 0 Å². The smallest absolute Gasteiger partial charge is 0.117 e. The summed E-state index contributed by atoms with van der Waals surface area (Å²) >= 11 is 0. The Bertz CT molecular complexity index is 841. The molecule has 29 heavy (non-hydrogen) atoms. The number of rotatable bonds is 10. The summed E-state index contributed by atoms with van der Waals surface area (Å²) in [7, 11) is 0. The molecule has 0 spiro atoms. The maximum absolute atomic E-state index is 6.34. The summed E-state index contributed by atoms with van der Waals surface area (Å²) in [5.74, 6) is 5.46. The predicted molar refractivity (Wildman–Crippen MR) is 115 cm³/mol. The highest BCUT2D eigenvalue weighted by molar-refractivity contribution is 5.32. The van der Waals surface area contributed by atoms with E-state index in [0.29, 0.717) is 13.1 Å². The Morgan fingerprint density at radius 2 is 0.931 bits per heavy atom. The van der Waals surface area contributed by atoms with E-state index in [4.69, 9.17) is 24.7 Å². The van der Waals surface area contributed by atoms with Gasteiger partial charge in [0.15, 0.2) is 0 Å². The first-order chi connectivity index (χ1) is 13.8. The first-order valence-electron chi connectivity index (χ1n) is 10.5. The van der Waals surface area contributed by atoms with Gasteiger partial charge >= 0.3 is 0 Å². The molecule has 0 unspecified atom stereocenters. The van der Waals surface area contributed by atoms with Gasteiger partial charge in [0.1, 0.15) is 34.6 Å². The van der Waals surface area contributed by atoms with Gasteiger partial charge in [-0.05, 0) is 90.0 Å². The van der Waals surface area contributed by atoms with Crippen molar-refractivity contribution >= 4 is 0 Å². The average Bonchev–Trinajstić information content (AvgIpc) is 3.45. The second-order valence-corrected chi connectivity index (χ2v) is 8.73. The molecule has 0 saturated carbocycles. The normalized spacial score (nSPS) is 12.6. The minimum atomic E-state index is -0.370. The summed E-state index contributed by atoms with van der Waals surface area (Å²) in [5, 5.41) is 0. The second kappa shape index (κ2) is 8.64. The van der Waals surface area contributed by atoms with Gasteiger partial charge in [-0.25, -0.2) is 0 Å². The highest BCUT2D eigenvalue weighted by Crippen LogP contribution is 2.39. The molecule has 0 aliphatic heterocycles. The third-order valence-electron chi connectivity index (χ3n) is 5.65. The third-order valence-corrected chi connectivity index (χ3v) is 5.65. The Balaban J connectivity index is 1.81. The van der Waals surface area contributed by atoms with Crippen LogP contribution in [0.1, 0.15) is 75.1 Å². The summed E-state index contributed by atoms with van der Waals surface area (Å²) in [6.45, 7) is 9.80. The average molecular weight is 399 g/mol. The van der Waals surface area contributed by atoms with Gasteiger partial charge in [-0.2, -0.15) is 0 Å². The molecule has 3 aromatic rings. The van der Waals surface area contributed by atoms with E-state index >= 15 is 0 Å². The largest absolute Gasteiger partial charge is 0.465 e. The van der Waals surface area contributed by atoms with Crippen LogP contribution < -0.4 is 11.5 Å². The Kier molecular flexibility index (Phi) is 6.39. The van der Waals surface area contributed by atoms with E-state index in [9.17, 15) is 0 Å². The lowest BCUT2D eigenvalue weighted by Crippen LogP contribution is -2.19. The lowest BCUT2D eigenvalue weighted by Gasteiger charge is -2.22. The van der Waals surface area contributed by atoms with E-state index in [0.717, 1.165) is 60.2 Å². The maximum Gasteiger partial charge on any atom is 0.117 e. The number of hydrogen-bond donors (Lipinski definition) is 2. The van der Waals surface area contributed by atoms with E-state index in [1.165, 1.54) is 0 Å². The molecule has 0 fully saturated rings. The van der Waals surface area contributed by atoms with E-state index in [2.05, 4.69) is 27.7 Å². The van der Waals surface area contributed by atoms with Gasteiger partial charge in [0, 0.05) is 12.8 Å². The molecule has 0 radical (unpaired) electrons. The molecule has 0 aliphatic carbocycles. The standard InChI is InChI=1S/C24H34N2O3/c1-23(2,19-11-9-17(27-19)7-5-15-25)21-13-14-22(29-21)24(3,4)20-12-10-18(28-20)8-6-16-26/h9-14H,5-8,15-16,25-26H2,1-4H3. The van der Waals surface area contributed by atoms with Crippen LogP contribution in [-0.4, -0.2) is 13.1 Å². The number of aryl methyl sites for hydroxylation is 2. The quantitative estimate of drug-likeness (QED) is 0.507. The van der Waals surface area contributed by atoms with Crippen LogP contribution in [0, 0.1) is 0 Å². The van der Waals surface area contributed by atoms with Crippen molar-refractivity contribution in [1.82, 2.24) is 0 Å². The fourth-order valence-corrected chi connectivity index (χ4v) is 3.50. The highest BCUT2D eigenvalue weighted by Gasteiger charge is 2.35. The Morgan fingerprint density at radius 1 is 0.586 bits per heavy atom. The molecule has 5 nitrogen and oxygen atoms in total. The van der Waals surface area contributed by atoms with E-state index in [1.807, 2.05) is 36.4 Å². The van der Waals surface area contributed by atoms with E-state index < -0.39 is 0 Å². The van der Waals surface area contributed by atoms with Crippen molar-refractivity contribution < 1.29 is 13.3 Å². The molecule has 0 aromatic carbocycles. The van der Waals surface area contributed by atoms with Crippen LogP contribution in [0.15, 0.2) is 49.6 Å². The van der Waals surface area contributed by atoms with Gasteiger partial charge < -0.3 is 24.7 Å². The van der Waals surface area contributed by atoms with E-state index in [1.54, 1.807) is 0 Å². The summed E-state index contributed by atoms with van der Waals surface area (Å²) in [5.41, 5.74) is 10.5. The summed E-state index contributed by atoms with van der Waals surface area (Å²) < 4.78 is 18.5. The predicted octanol–water partition coefficient (Wildman–Crippen LogP) is 4.90. The molecule has 158 valence electrons. The van der Waals surface area contributed by atoms with Gasteiger partial charge in [0.05, 0.1) is 10.8 Å². The number of nitrogens with two attached hydrogens (primary N) is 2. The zero-order valence-corrected chi connectivity index (χ0v) is 18.1. The molecule has 5 heteroatoms. The van der Waals surface area contributed by atoms with Crippen LogP contribution in [-0.2, 0) is 23.7 Å². The van der Waals surface area contributed by atoms with Gasteiger partial charge in [0.2, 0.25) is 0 Å². The van der Waals surface area contributed by atoms with Gasteiger partial charge in [-0.15, -0.1) is 0 Å². The van der Waals surface area contributed by atoms with Crippen molar-refractivity contribution in [1.29, 1.82) is 0 Å². The maximum atomic E-state index is 6.34. The first kappa shape index (κ1) is 21.5. The zero-order valence-electron chi connectivity index (χ0n) is 18.1. The zero-order chi connectivity index (χ0) is 21.1. The molecule has 0 saturated heterocycles. The van der Waals surface area contributed by atoms with Crippen LogP contribution >= 0.6 is 0 Å². The Hall–Kier alpha value is -2.24.